The van der Waals surface area contributed by atoms with Gasteiger partial charge in [0, 0.05) is 43.9 Å². The van der Waals surface area contributed by atoms with E-state index in [9.17, 15) is 0 Å². The summed E-state index contributed by atoms with van der Waals surface area (Å²) in [5.74, 6) is 0.625. The van der Waals surface area contributed by atoms with E-state index in [4.69, 9.17) is 10.5 Å². The van der Waals surface area contributed by atoms with Gasteiger partial charge in [-0.15, -0.1) is 0 Å². The molecule has 2 heterocycles. The molecule has 19 heavy (non-hydrogen) atoms. The Labute approximate surface area is 115 Å². The van der Waals surface area contributed by atoms with Crippen LogP contribution in [0.3, 0.4) is 0 Å². The van der Waals surface area contributed by atoms with Gasteiger partial charge in [-0.05, 0) is 6.42 Å². The van der Waals surface area contributed by atoms with Gasteiger partial charge >= 0.3 is 0 Å². The van der Waals surface area contributed by atoms with Gasteiger partial charge in [0.15, 0.2) is 0 Å². The van der Waals surface area contributed by atoms with Crippen LogP contribution in [0.5, 0.6) is 0 Å². The summed E-state index contributed by atoms with van der Waals surface area (Å²) in [5.41, 5.74) is 7.19. The van der Waals surface area contributed by atoms with Crippen LogP contribution >= 0.6 is 0 Å². The normalized spacial score (nSPS) is 21.2. The summed E-state index contributed by atoms with van der Waals surface area (Å²) < 4.78 is 7.28. The first-order valence-corrected chi connectivity index (χ1v) is 6.98. The van der Waals surface area contributed by atoms with Crippen molar-refractivity contribution in [2.45, 2.75) is 38.6 Å². The Bertz CT molecular complexity index is 422. The highest BCUT2D eigenvalue weighted by molar-refractivity contribution is 5.33. The Morgan fingerprint density at radius 3 is 2.84 bits per heavy atom. The van der Waals surface area contributed by atoms with E-state index in [1.807, 2.05) is 6.07 Å². The van der Waals surface area contributed by atoms with Crippen LogP contribution in [0.4, 0.5) is 5.82 Å². The minimum atomic E-state index is 0.0740. The average molecular weight is 266 g/mol. The Hall–Kier alpha value is -1.07. The highest BCUT2D eigenvalue weighted by Gasteiger charge is 2.29. The SMILES string of the molecule is COCCN1CC[C@H](n2nc(N)cc2C(C)(C)C)C1. The lowest BCUT2D eigenvalue weighted by molar-refractivity contribution is 0.158. The zero-order chi connectivity index (χ0) is 14.0. The van der Waals surface area contributed by atoms with Gasteiger partial charge in [0.1, 0.15) is 5.82 Å². The molecule has 1 aliphatic rings. The molecule has 0 radical (unpaired) electrons. The average Bonchev–Trinajstić information content (AvgIpc) is 2.91. The van der Waals surface area contributed by atoms with Gasteiger partial charge in [0.25, 0.3) is 0 Å². The highest BCUT2D eigenvalue weighted by Crippen LogP contribution is 2.30. The molecule has 0 saturated carbocycles. The molecule has 1 atom stereocenters. The van der Waals surface area contributed by atoms with E-state index >= 15 is 0 Å². The van der Waals surface area contributed by atoms with E-state index in [0.29, 0.717) is 11.9 Å². The quantitative estimate of drug-likeness (QED) is 0.900. The molecule has 2 N–H and O–H groups in total. The lowest BCUT2D eigenvalue weighted by Gasteiger charge is -2.23. The predicted octanol–water partition coefficient (Wildman–Crippen LogP) is 1.66. The molecule has 0 unspecified atom stereocenters. The predicted molar refractivity (Wildman–Crippen MR) is 77.3 cm³/mol. The van der Waals surface area contributed by atoms with Gasteiger partial charge in [-0.2, -0.15) is 5.10 Å². The minimum Gasteiger partial charge on any atom is -0.383 e. The number of ether oxygens (including phenoxy) is 1. The van der Waals surface area contributed by atoms with Crippen molar-refractivity contribution in [1.82, 2.24) is 14.7 Å². The molecule has 1 aromatic heterocycles. The number of likely N-dealkylation sites (tertiary alicyclic amines) is 1. The number of anilines is 1. The molecule has 1 fully saturated rings. The van der Waals surface area contributed by atoms with Crippen LogP contribution in [-0.2, 0) is 10.2 Å². The van der Waals surface area contributed by atoms with Gasteiger partial charge in [-0.3, -0.25) is 9.58 Å². The fraction of sp³-hybridized carbons (Fsp3) is 0.786. The summed E-state index contributed by atoms with van der Waals surface area (Å²) in [6.45, 7) is 10.5. The van der Waals surface area contributed by atoms with Crippen LogP contribution in [0.25, 0.3) is 0 Å². The number of hydrogen-bond donors (Lipinski definition) is 1. The summed E-state index contributed by atoms with van der Waals surface area (Å²) in [4.78, 5) is 2.43. The zero-order valence-corrected chi connectivity index (χ0v) is 12.5. The number of nitrogens with zero attached hydrogens (tertiary/aromatic N) is 3. The van der Waals surface area contributed by atoms with Crippen LogP contribution in [-0.4, -0.2) is 48.0 Å². The standard InChI is InChI=1S/C14H26N4O/c1-14(2,3)12-9-13(15)16-18(12)11-5-6-17(10-11)7-8-19-4/h9,11H,5-8,10H2,1-4H3,(H2,15,16)/t11-/m0/s1. The van der Waals surface area contributed by atoms with E-state index in [1.54, 1.807) is 7.11 Å². The van der Waals surface area contributed by atoms with Gasteiger partial charge in [-0.1, -0.05) is 20.8 Å². The summed E-state index contributed by atoms with van der Waals surface area (Å²) >= 11 is 0. The van der Waals surface area contributed by atoms with Crippen LogP contribution in [0.1, 0.15) is 38.9 Å². The lowest BCUT2D eigenvalue weighted by Crippen LogP contribution is -2.27. The van der Waals surface area contributed by atoms with Crippen molar-refractivity contribution < 1.29 is 4.74 Å². The first kappa shape index (κ1) is 14.3. The monoisotopic (exact) mass is 266 g/mol. The molecule has 2 rings (SSSR count). The maximum Gasteiger partial charge on any atom is 0.145 e. The van der Waals surface area contributed by atoms with Crippen molar-refractivity contribution in [2.75, 3.05) is 39.1 Å². The molecular weight excluding hydrogens is 240 g/mol. The maximum atomic E-state index is 5.89. The van der Waals surface area contributed by atoms with E-state index in [-0.39, 0.29) is 5.41 Å². The molecule has 0 bridgehead atoms. The molecule has 5 nitrogen and oxygen atoms in total. The Morgan fingerprint density at radius 1 is 1.47 bits per heavy atom. The highest BCUT2D eigenvalue weighted by atomic mass is 16.5. The first-order valence-electron chi connectivity index (χ1n) is 6.98. The van der Waals surface area contributed by atoms with Crippen molar-refractivity contribution in [3.05, 3.63) is 11.8 Å². The summed E-state index contributed by atoms with van der Waals surface area (Å²) in [6, 6.07) is 2.45. The molecule has 1 aromatic rings. The largest absolute Gasteiger partial charge is 0.383 e. The molecular formula is C14H26N4O. The van der Waals surface area contributed by atoms with Crippen molar-refractivity contribution in [2.24, 2.45) is 0 Å². The van der Waals surface area contributed by atoms with Gasteiger partial charge < -0.3 is 10.5 Å². The van der Waals surface area contributed by atoms with Crippen molar-refractivity contribution >= 4 is 5.82 Å². The second kappa shape index (κ2) is 5.51. The molecule has 108 valence electrons. The van der Waals surface area contributed by atoms with E-state index in [1.165, 1.54) is 5.69 Å². The third-order valence-corrected chi connectivity index (χ3v) is 3.73. The molecule has 1 aliphatic heterocycles. The van der Waals surface area contributed by atoms with Gasteiger partial charge in [0.05, 0.1) is 12.6 Å². The van der Waals surface area contributed by atoms with Crippen molar-refractivity contribution in [3.8, 4) is 0 Å². The second-order valence-corrected chi connectivity index (χ2v) is 6.38. The number of hydrogen-bond acceptors (Lipinski definition) is 4. The molecule has 5 heteroatoms. The third kappa shape index (κ3) is 3.28. The van der Waals surface area contributed by atoms with Crippen molar-refractivity contribution in [1.29, 1.82) is 0 Å². The van der Waals surface area contributed by atoms with Crippen LogP contribution < -0.4 is 5.73 Å². The molecule has 0 amide bonds. The maximum absolute atomic E-state index is 5.89. The third-order valence-electron chi connectivity index (χ3n) is 3.73. The Balaban J connectivity index is 2.11. The molecule has 1 saturated heterocycles. The summed E-state index contributed by atoms with van der Waals surface area (Å²) in [7, 11) is 1.75. The van der Waals surface area contributed by atoms with Crippen LogP contribution in [0.2, 0.25) is 0 Å². The summed E-state index contributed by atoms with van der Waals surface area (Å²) in [6.07, 6.45) is 1.13. The fourth-order valence-electron chi connectivity index (χ4n) is 2.69. The number of rotatable bonds is 4. The van der Waals surface area contributed by atoms with Gasteiger partial charge in [0.2, 0.25) is 0 Å². The molecule has 0 spiro atoms. The molecule has 0 aromatic carbocycles. The molecule has 0 aliphatic carbocycles. The Kier molecular flexibility index (Phi) is 4.16. The number of nitrogens with two attached hydrogens (primary N) is 1. The van der Waals surface area contributed by atoms with E-state index in [0.717, 1.165) is 32.7 Å². The smallest absolute Gasteiger partial charge is 0.145 e. The minimum absolute atomic E-state index is 0.0740. The van der Waals surface area contributed by atoms with E-state index < -0.39 is 0 Å². The second-order valence-electron chi connectivity index (χ2n) is 6.38. The van der Waals surface area contributed by atoms with Crippen LogP contribution in [0.15, 0.2) is 6.07 Å². The number of aromatic nitrogens is 2. The summed E-state index contributed by atoms with van der Waals surface area (Å²) in [5, 5.41) is 4.51. The lowest BCUT2D eigenvalue weighted by atomic mass is 9.91. The Morgan fingerprint density at radius 2 is 2.21 bits per heavy atom. The van der Waals surface area contributed by atoms with Gasteiger partial charge in [-0.25, -0.2) is 0 Å². The van der Waals surface area contributed by atoms with E-state index in [2.05, 4.69) is 35.5 Å². The zero-order valence-electron chi connectivity index (χ0n) is 12.5. The fourth-order valence-corrected chi connectivity index (χ4v) is 2.69. The topological polar surface area (TPSA) is 56.3 Å². The number of methoxy groups -OCH3 is 1. The number of nitrogen functional groups attached to an aromatic ring is 1. The first-order chi connectivity index (χ1) is 8.91. The van der Waals surface area contributed by atoms with Crippen molar-refractivity contribution in [3.63, 3.8) is 0 Å². The van der Waals surface area contributed by atoms with Crippen LogP contribution in [0, 0.1) is 0 Å².